The van der Waals surface area contributed by atoms with E-state index >= 15 is 0 Å². The molecule has 3 N–H and O–H groups in total. The van der Waals surface area contributed by atoms with Crippen molar-refractivity contribution in [2.75, 3.05) is 5.32 Å². The summed E-state index contributed by atoms with van der Waals surface area (Å²) in [5, 5.41) is 4.56. The highest BCUT2D eigenvalue weighted by molar-refractivity contribution is 6.39. The Morgan fingerprint density at radius 1 is 1.12 bits per heavy atom. The van der Waals surface area contributed by atoms with E-state index in [1.165, 1.54) is 19.3 Å². The molecule has 1 aromatic heterocycles. The van der Waals surface area contributed by atoms with Gasteiger partial charge in [-0.2, -0.15) is 13.2 Å². The maximum absolute atomic E-state index is 12.7. The van der Waals surface area contributed by atoms with E-state index in [2.05, 4.69) is 5.32 Å². The highest BCUT2D eigenvalue weighted by Crippen LogP contribution is 2.44. The van der Waals surface area contributed by atoms with Gasteiger partial charge in [-0.25, -0.2) is 0 Å². The van der Waals surface area contributed by atoms with Gasteiger partial charge in [0.05, 0.1) is 5.56 Å². The van der Waals surface area contributed by atoms with E-state index in [0.29, 0.717) is 24.1 Å². The van der Waals surface area contributed by atoms with Crippen molar-refractivity contribution >= 4 is 17.5 Å². The van der Waals surface area contributed by atoms with E-state index in [1.54, 1.807) is 0 Å². The molecule has 0 aromatic carbocycles. The van der Waals surface area contributed by atoms with Crippen LogP contribution in [0.5, 0.6) is 0 Å². The van der Waals surface area contributed by atoms with Crippen molar-refractivity contribution in [1.29, 1.82) is 0 Å². The van der Waals surface area contributed by atoms with Gasteiger partial charge in [-0.3, -0.25) is 14.4 Å². The topological polar surface area (TPSA) is 91.1 Å². The van der Waals surface area contributed by atoms with Crippen molar-refractivity contribution < 1.29 is 22.8 Å². The Labute approximate surface area is 147 Å². The summed E-state index contributed by atoms with van der Waals surface area (Å²) in [5.41, 5.74) is -2.64. The number of carbonyl (C=O) groups is 2. The summed E-state index contributed by atoms with van der Waals surface area (Å²) in [4.78, 5) is 37.4. The Morgan fingerprint density at radius 2 is 1.81 bits per heavy atom. The van der Waals surface area contributed by atoms with Crippen molar-refractivity contribution in [3.63, 3.8) is 0 Å². The second-order valence-corrected chi connectivity index (χ2v) is 6.96. The Balaban J connectivity index is 1.57. The van der Waals surface area contributed by atoms with E-state index in [1.807, 2.05) is 10.3 Å². The second-order valence-electron chi connectivity index (χ2n) is 6.96. The average Bonchev–Trinajstić information content (AvgIpc) is 3.35. The number of aromatic amines is 1. The first-order valence-electron chi connectivity index (χ1n) is 8.67. The van der Waals surface area contributed by atoms with Gasteiger partial charge in [0.1, 0.15) is 5.69 Å². The van der Waals surface area contributed by atoms with Crippen molar-refractivity contribution in [3.05, 3.63) is 28.2 Å². The highest BCUT2D eigenvalue weighted by atomic mass is 19.4. The van der Waals surface area contributed by atoms with Crippen molar-refractivity contribution in [2.24, 2.45) is 11.8 Å². The molecule has 2 atom stereocenters. The van der Waals surface area contributed by atoms with Crippen molar-refractivity contribution in [2.45, 2.75) is 50.7 Å². The number of aromatic nitrogens is 1. The van der Waals surface area contributed by atoms with Crippen LogP contribution in [0.2, 0.25) is 0 Å². The zero-order chi connectivity index (χ0) is 18.9. The van der Waals surface area contributed by atoms with Crippen LogP contribution in [0.15, 0.2) is 17.1 Å². The Morgan fingerprint density at radius 3 is 2.46 bits per heavy atom. The number of hydrogen-bond donors (Lipinski definition) is 3. The molecule has 26 heavy (non-hydrogen) atoms. The zero-order valence-corrected chi connectivity index (χ0v) is 14.0. The molecule has 1 heterocycles. The number of nitrogens with one attached hydrogen (secondary N) is 3. The van der Waals surface area contributed by atoms with Gasteiger partial charge in [0, 0.05) is 12.2 Å². The quantitative estimate of drug-likeness (QED) is 0.713. The molecule has 2 aliphatic rings. The van der Waals surface area contributed by atoms with E-state index in [0.717, 1.165) is 19.3 Å². The van der Waals surface area contributed by atoms with Gasteiger partial charge >= 0.3 is 18.0 Å². The van der Waals surface area contributed by atoms with Gasteiger partial charge in [0.25, 0.3) is 5.56 Å². The number of rotatable bonds is 3. The second kappa shape index (κ2) is 7.13. The molecule has 142 valence electrons. The largest absolute Gasteiger partial charge is 0.417 e. The number of pyridine rings is 1. The van der Waals surface area contributed by atoms with Crippen LogP contribution in [0, 0.1) is 11.8 Å². The van der Waals surface area contributed by atoms with E-state index in [4.69, 9.17) is 0 Å². The minimum Gasteiger partial charge on any atom is -0.345 e. The van der Waals surface area contributed by atoms with Gasteiger partial charge in [-0.15, -0.1) is 0 Å². The van der Waals surface area contributed by atoms with Crippen LogP contribution in [-0.2, 0) is 15.8 Å². The Hall–Kier alpha value is -2.32. The molecule has 9 heteroatoms. The fourth-order valence-corrected chi connectivity index (χ4v) is 3.62. The summed E-state index contributed by atoms with van der Waals surface area (Å²) >= 11 is 0. The molecule has 2 aliphatic carbocycles. The van der Waals surface area contributed by atoms with Crippen LogP contribution in [0.25, 0.3) is 0 Å². The molecule has 0 bridgehead atoms. The molecule has 0 aliphatic heterocycles. The van der Waals surface area contributed by atoms with E-state index in [-0.39, 0.29) is 6.04 Å². The molecule has 0 unspecified atom stereocenters. The minimum atomic E-state index is -4.67. The third kappa shape index (κ3) is 4.25. The number of alkyl halides is 3. The summed E-state index contributed by atoms with van der Waals surface area (Å²) in [7, 11) is 0. The first-order valence-corrected chi connectivity index (χ1v) is 8.67. The molecule has 2 saturated carbocycles. The maximum atomic E-state index is 12.7. The van der Waals surface area contributed by atoms with Crippen molar-refractivity contribution in [3.8, 4) is 0 Å². The first-order chi connectivity index (χ1) is 12.3. The van der Waals surface area contributed by atoms with Gasteiger partial charge < -0.3 is 15.6 Å². The lowest BCUT2D eigenvalue weighted by Gasteiger charge is -2.21. The highest BCUT2D eigenvalue weighted by Gasteiger charge is 2.44. The standard InChI is InChI=1S/C17H20F3N3O3/c18-17(19,20)10-6-13(14(24)21-8-10)23-16(26)15(25)22-12-7-11(12)9-4-2-1-3-5-9/h6,8-9,11-12H,1-5,7H2,(H,21,24)(H,22,25)(H,23,26)/t11-,12+/m0/s1. The van der Waals surface area contributed by atoms with Crippen molar-refractivity contribution in [1.82, 2.24) is 10.3 Å². The third-order valence-electron chi connectivity index (χ3n) is 5.10. The van der Waals surface area contributed by atoms with E-state index in [9.17, 15) is 27.6 Å². The predicted octanol–water partition coefficient (Wildman–Crippen LogP) is 2.42. The first kappa shape index (κ1) is 18.5. The Kier molecular flexibility index (Phi) is 5.06. The number of carbonyl (C=O) groups excluding carboxylic acids is 2. The SMILES string of the molecule is O=C(Nc1cc(C(F)(F)F)c[nH]c1=O)C(=O)N[C@@H]1C[C@H]1C1CCCCC1. The van der Waals surface area contributed by atoms with Gasteiger partial charge in [-0.05, 0) is 24.3 Å². The summed E-state index contributed by atoms with van der Waals surface area (Å²) in [5.74, 6) is -1.17. The number of anilines is 1. The van der Waals surface area contributed by atoms with Crippen LogP contribution in [-0.4, -0.2) is 22.8 Å². The predicted molar refractivity (Wildman–Crippen MR) is 87.3 cm³/mol. The molecule has 6 nitrogen and oxygen atoms in total. The summed E-state index contributed by atoms with van der Waals surface area (Å²) < 4.78 is 38.0. The lowest BCUT2D eigenvalue weighted by molar-refractivity contribution is -0.137. The van der Waals surface area contributed by atoms with Crippen LogP contribution in [0.4, 0.5) is 18.9 Å². The maximum Gasteiger partial charge on any atom is 0.417 e. The number of amides is 2. The van der Waals surface area contributed by atoms with Gasteiger partial charge in [0.2, 0.25) is 0 Å². The molecule has 2 fully saturated rings. The molecule has 2 amide bonds. The normalized spacial score (nSPS) is 23.3. The molecule has 3 rings (SSSR count). The van der Waals surface area contributed by atoms with Crippen LogP contribution >= 0.6 is 0 Å². The fraction of sp³-hybridized carbons (Fsp3) is 0.588. The fourth-order valence-electron chi connectivity index (χ4n) is 3.62. The molecule has 0 spiro atoms. The molecular formula is C17H20F3N3O3. The number of halogens is 3. The third-order valence-corrected chi connectivity index (χ3v) is 5.10. The summed E-state index contributed by atoms with van der Waals surface area (Å²) in [6, 6.07) is 0.433. The molecule has 0 saturated heterocycles. The lowest BCUT2D eigenvalue weighted by atomic mass is 9.85. The molecule has 0 radical (unpaired) electrons. The smallest absolute Gasteiger partial charge is 0.345 e. The summed E-state index contributed by atoms with van der Waals surface area (Å²) in [6.07, 6.45) is 2.50. The van der Waals surface area contributed by atoms with Crippen LogP contribution in [0.1, 0.15) is 44.1 Å². The molecule has 1 aromatic rings. The number of H-pyrrole nitrogens is 1. The van der Waals surface area contributed by atoms with Gasteiger partial charge in [-0.1, -0.05) is 32.1 Å². The monoisotopic (exact) mass is 371 g/mol. The average molecular weight is 371 g/mol. The number of hydrogen-bond acceptors (Lipinski definition) is 3. The minimum absolute atomic E-state index is 0.0730. The zero-order valence-electron chi connectivity index (χ0n) is 14.0. The van der Waals surface area contributed by atoms with Crippen LogP contribution < -0.4 is 16.2 Å². The van der Waals surface area contributed by atoms with Crippen LogP contribution in [0.3, 0.4) is 0 Å². The molecular weight excluding hydrogens is 351 g/mol. The van der Waals surface area contributed by atoms with Gasteiger partial charge in [0.15, 0.2) is 0 Å². The summed E-state index contributed by atoms with van der Waals surface area (Å²) in [6.45, 7) is 0. The Bertz CT molecular complexity index is 754. The lowest BCUT2D eigenvalue weighted by Crippen LogP contribution is -2.38. The van der Waals surface area contributed by atoms with E-state index < -0.39 is 34.8 Å².